The fourth-order valence-corrected chi connectivity index (χ4v) is 4.30. The quantitative estimate of drug-likeness (QED) is 0.690. The molecule has 2 fully saturated rings. The molecule has 2 unspecified atom stereocenters. The number of fused-ring (bicyclic) bond motifs is 3. The van der Waals surface area contributed by atoms with Gasteiger partial charge in [0.05, 0.1) is 23.9 Å². The molecule has 3 nitrogen and oxygen atoms in total. The number of nitrogens with one attached hydrogen (secondary N) is 1. The molecule has 0 aromatic carbocycles. The summed E-state index contributed by atoms with van der Waals surface area (Å²) in [6.45, 7) is 0.397. The minimum absolute atomic E-state index is 0.00206. The summed E-state index contributed by atoms with van der Waals surface area (Å²) in [7, 11) is 0. The monoisotopic (exact) mass is 395 g/mol. The first-order chi connectivity index (χ1) is 13.5. The molecular weight excluding hydrogens is 374 g/mol. The van der Waals surface area contributed by atoms with Gasteiger partial charge in [-0.15, -0.1) is 0 Å². The van der Waals surface area contributed by atoms with Gasteiger partial charge >= 0.3 is 0 Å². The van der Waals surface area contributed by atoms with Crippen molar-refractivity contribution in [3.63, 3.8) is 0 Å². The van der Waals surface area contributed by atoms with Crippen molar-refractivity contribution in [2.24, 2.45) is 5.92 Å². The van der Waals surface area contributed by atoms with Gasteiger partial charge in [-0.1, -0.05) is 24.3 Å². The predicted molar refractivity (Wildman–Crippen MR) is 96.7 cm³/mol. The number of alkyl halides is 2. The van der Waals surface area contributed by atoms with E-state index in [-0.39, 0.29) is 17.2 Å². The largest absolute Gasteiger partial charge is 0.385 e. The van der Waals surface area contributed by atoms with Crippen molar-refractivity contribution < 1.29 is 27.4 Å². The van der Waals surface area contributed by atoms with Crippen molar-refractivity contribution in [3.8, 4) is 0 Å². The van der Waals surface area contributed by atoms with Crippen LogP contribution in [0.3, 0.4) is 0 Å². The Labute approximate surface area is 160 Å². The molecule has 2 N–H and O–H groups in total. The Bertz CT molecular complexity index is 837. The van der Waals surface area contributed by atoms with Gasteiger partial charge in [0.15, 0.2) is 0 Å². The fraction of sp³-hybridized carbons (Fsp3) is 0.429. The van der Waals surface area contributed by atoms with Crippen molar-refractivity contribution in [1.29, 1.82) is 0 Å². The molecule has 4 aliphatic rings. The van der Waals surface area contributed by atoms with Gasteiger partial charge in [-0.05, 0) is 30.6 Å². The molecule has 0 amide bonds. The Morgan fingerprint density at radius 3 is 2.82 bits per heavy atom. The van der Waals surface area contributed by atoms with Gasteiger partial charge < -0.3 is 15.2 Å². The van der Waals surface area contributed by atoms with Crippen molar-refractivity contribution in [2.45, 2.75) is 43.9 Å². The Morgan fingerprint density at radius 2 is 2.04 bits per heavy atom. The first kappa shape index (κ1) is 19.2. The molecule has 0 saturated carbocycles. The number of hydrogen-bond acceptors (Lipinski definition) is 3. The SMILES string of the molecule is OC1C=CC=CC([C@@H]2NC3=C(F)C=C(C(F)F)CC(F)=C3[C@H]3OCCCC32)=C1. The smallest absolute Gasteiger partial charge is 0.260 e. The van der Waals surface area contributed by atoms with E-state index in [1.165, 1.54) is 0 Å². The van der Waals surface area contributed by atoms with Crippen molar-refractivity contribution >= 4 is 0 Å². The number of hydrogen-bond donors (Lipinski definition) is 2. The maximum absolute atomic E-state index is 14.9. The van der Waals surface area contributed by atoms with E-state index in [0.717, 1.165) is 12.0 Å². The van der Waals surface area contributed by atoms with Gasteiger partial charge in [-0.25, -0.2) is 17.6 Å². The Morgan fingerprint density at radius 1 is 1.21 bits per heavy atom. The summed E-state index contributed by atoms with van der Waals surface area (Å²) in [5.41, 5.74) is -0.00658. The molecule has 2 aliphatic carbocycles. The summed E-state index contributed by atoms with van der Waals surface area (Å²) in [5, 5.41) is 13.1. The van der Waals surface area contributed by atoms with Gasteiger partial charge in [0.2, 0.25) is 0 Å². The lowest BCUT2D eigenvalue weighted by molar-refractivity contribution is -0.0197. The van der Waals surface area contributed by atoms with E-state index >= 15 is 0 Å². The first-order valence-corrected chi connectivity index (χ1v) is 9.36. The minimum Gasteiger partial charge on any atom is -0.385 e. The number of rotatable bonds is 2. The summed E-state index contributed by atoms with van der Waals surface area (Å²) < 4.78 is 62.0. The number of aliphatic hydroxyl groups is 1. The van der Waals surface area contributed by atoms with Gasteiger partial charge in [-0.2, -0.15) is 0 Å². The van der Waals surface area contributed by atoms with E-state index < -0.39 is 48.3 Å². The summed E-state index contributed by atoms with van der Waals surface area (Å²) >= 11 is 0. The molecule has 0 radical (unpaired) electrons. The summed E-state index contributed by atoms with van der Waals surface area (Å²) in [6, 6.07) is -0.435. The average molecular weight is 395 g/mol. The molecule has 0 bridgehead atoms. The van der Waals surface area contributed by atoms with Gasteiger partial charge in [0.25, 0.3) is 6.43 Å². The van der Waals surface area contributed by atoms with Crippen LogP contribution in [-0.2, 0) is 4.74 Å². The molecule has 2 saturated heterocycles. The minimum atomic E-state index is -2.94. The number of allylic oxidation sites excluding steroid dienone is 6. The highest BCUT2D eigenvalue weighted by molar-refractivity contribution is 5.50. The fourth-order valence-electron chi connectivity index (χ4n) is 4.30. The summed E-state index contributed by atoms with van der Waals surface area (Å²) in [4.78, 5) is 0. The molecule has 0 aromatic rings. The van der Waals surface area contributed by atoms with Crippen molar-refractivity contribution in [3.05, 3.63) is 70.5 Å². The predicted octanol–water partition coefficient (Wildman–Crippen LogP) is 4.17. The molecule has 7 heteroatoms. The van der Waals surface area contributed by atoms with Gasteiger partial charge in [0, 0.05) is 30.1 Å². The zero-order valence-electron chi connectivity index (χ0n) is 15.0. The summed E-state index contributed by atoms with van der Waals surface area (Å²) in [5.74, 6) is -1.92. The van der Waals surface area contributed by atoms with Crippen LogP contribution in [0, 0.1) is 5.92 Å². The normalized spacial score (nSPS) is 32.9. The molecule has 0 aromatic heterocycles. The third-order valence-electron chi connectivity index (χ3n) is 5.56. The van der Waals surface area contributed by atoms with Crippen LogP contribution in [0.15, 0.2) is 70.5 Å². The number of halogens is 4. The average Bonchev–Trinajstić information content (AvgIpc) is 2.96. The second-order valence-electron chi connectivity index (χ2n) is 7.36. The molecule has 0 spiro atoms. The van der Waals surface area contributed by atoms with Crippen LogP contribution in [0.1, 0.15) is 19.3 Å². The van der Waals surface area contributed by atoms with E-state index in [1.807, 2.05) is 0 Å². The van der Waals surface area contributed by atoms with Crippen LogP contribution in [0.2, 0.25) is 0 Å². The number of ether oxygens (including phenoxy) is 1. The van der Waals surface area contributed by atoms with Crippen LogP contribution in [0.25, 0.3) is 0 Å². The van der Waals surface area contributed by atoms with Crippen molar-refractivity contribution in [2.75, 3.05) is 6.61 Å². The summed E-state index contributed by atoms with van der Waals surface area (Å²) in [6.07, 6.45) is 5.60. The van der Waals surface area contributed by atoms with Crippen LogP contribution in [-0.4, -0.2) is 36.4 Å². The lowest BCUT2D eigenvalue weighted by Crippen LogP contribution is -2.52. The topological polar surface area (TPSA) is 41.5 Å². The highest BCUT2D eigenvalue weighted by atomic mass is 19.3. The molecular formula is C21H21F4NO2. The second kappa shape index (κ2) is 7.72. The van der Waals surface area contributed by atoms with Gasteiger partial charge in [-0.3, -0.25) is 0 Å². The van der Waals surface area contributed by atoms with Crippen LogP contribution in [0.4, 0.5) is 17.6 Å². The molecule has 2 heterocycles. The zero-order chi connectivity index (χ0) is 19.8. The number of aliphatic hydroxyl groups excluding tert-OH is 1. The highest BCUT2D eigenvalue weighted by Gasteiger charge is 2.45. The lowest BCUT2D eigenvalue weighted by atomic mass is 9.75. The highest BCUT2D eigenvalue weighted by Crippen LogP contribution is 2.44. The Hall–Kier alpha value is -2.12. The van der Waals surface area contributed by atoms with Crippen molar-refractivity contribution in [1.82, 2.24) is 5.32 Å². The Kier molecular flexibility index (Phi) is 5.29. The standard InChI is InChI=1S/C21H21F4NO2/c22-15-9-12(21(24)25)10-16(23)19-17(15)20-14(6-3-7-28-20)18(26-19)11-4-1-2-5-13(27)8-11/h1-2,4-5,8,10,13-14,18,20-21,26-27H,3,6-7,9H2/t13?,14?,18-,20-/m0/s1. The molecule has 4 rings (SSSR count). The van der Waals surface area contributed by atoms with E-state index in [9.17, 15) is 22.7 Å². The van der Waals surface area contributed by atoms with E-state index in [2.05, 4.69) is 5.32 Å². The third-order valence-corrected chi connectivity index (χ3v) is 5.56. The van der Waals surface area contributed by atoms with E-state index in [4.69, 9.17) is 4.74 Å². The third kappa shape index (κ3) is 3.49. The first-order valence-electron chi connectivity index (χ1n) is 9.36. The lowest BCUT2D eigenvalue weighted by Gasteiger charge is -2.45. The van der Waals surface area contributed by atoms with E-state index in [1.54, 1.807) is 30.4 Å². The second-order valence-corrected chi connectivity index (χ2v) is 7.36. The molecule has 28 heavy (non-hydrogen) atoms. The van der Waals surface area contributed by atoms with Crippen LogP contribution in [0.5, 0.6) is 0 Å². The molecule has 4 atom stereocenters. The van der Waals surface area contributed by atoms with Gasteiger partial charge in [0.1, 0.15) is 11.7 Å². The molecule has 2 aliphatic heterocycles. The van der Waals surface area contributed by atoms with Crippen LogP contribution >= 0.6 is 0 Å². The number of piperidine rings is 1. The molecule has 150 valence electrons. The van der Waals surface area contributed by atoms with E-state index in [0.29, 0.717) is 19.1 Å². The maximum Gasteiger partial charge on any atom is 0.260 e. The van der Waals surface area contributed by atoms with Crippen LogP contribution < -0.4 is 5.32 Å². The zero-order valence-corrected chi connectivity index (χ0v) is 15.0. The maximum atomic E-state index is 14.9. The Balaban J connectivity index is 1.81.